The molecule has 0 radical (unpaired) electrons. The van der Waals surface area contributed by atoms with E-state index in [1.54, 1.807) is 21.0 Å². The molecule has 5 nitrogen and oxygen atoms in total. The average molecular weight is 301 g/mol. The van der Waals surface area contributed by atoms with Crippen molar-refractivity contribution >= 4 is 11.9 Å². The lowest BCUT2D eigenvalue weighted by Gasteiger charge is -2.30. The molecule has 1 aromatic carbocycles. The molecule has 0 spiro atoms. The summed E-state index contributed by atoms with van der Waals surface area (Å²) in [6.07, 6.45) is 0. The minimum absolute atomic E-state index is 0.108. The third kappa shape index (κ3) is 3.13. The Balaban J connectivity index is 2.43. The van der Waals surface area contributed by atoms with E-state index in [0.29, 0.717) is 17.2 Å². The van der Waals surface area contributed by atoms with Gasteiger partial charge in [0.15, 0.2) is 0 Å². The Morgan fingerprint density at radius 1 is 1.18 bits per heavy atom. The van der Waals surface area contributed by atoms with E-state index in [-0.39, 0.29) is 11.9 Å². The minimum atomic E-state index is -0.426. The van der Waals surface area contributed by atoms with Crippen molar-refractivity contribution in [2.75, 3.05) is 14.1 Å². The highest BCUT2D eigenvalue weighted by Crippen LogP contribution is 2.28. The predicted octanol–water partition coefficient (Wildman–Crippen LogP) is 2.53. The molecule has 0 bridgehead atoms. The van der Waals surface area contributed by atoms with Crippen LogP contribution in [0.5, 0.6) is 0 Å². The Morgan fingerprint density at radius 2 is 1.77 bits per heavy atom. The first-order chi connectivity index (χ1) is 10.3. The zero-order valence-corrected chi connectivity index (χ0v) is 13.7. The highest BCUT2D eigenvalue weighted by Gasteiger charge is 2.31. The lowest BCUT2D eigenvalue weighted by atomic mass is 9.92. The predicted molar refractivity (Wildman–Crippen MR) is 86.3 cm³/mol. The van der Waals surface area contributed by atoms with Gasteiger partial charge in [-0.05, 0) is 24.0 Å². The van der Waals surface area contributed by atoms with Gasteiger partial charge in [0.25, 0.3) is 5.91 Å². The third-order valence-electron chi connectivity index (χ3n) is 3.84. The standard InChI is InChI=1S/C17H23N3O2/c1-10(2)12-6-8-13(9-7-12)15-14(16(21)20(4)5)11(3)18-17(22)19-15/h6-10,15H,1-5H3,(H2,18,19,22)/t15-/m0/s1. The van der Waals surface area contributed by atoms with Crippen LogP contribution in [0.25, 0.3) is 0 Å². The maximum atomic E-state index is 12.5. The second-order valence-electron chi connectivity index (χ2n) is 6.09. The van der Waals surface area contributed by atoms with Crippen LogP contribution in [0.3, 0.4) is 0 Å². The number of carbonyl (C=O) groups is 2. The number of nitrogens with one attached hydrogen (secondary N) is 2. The zero-order valence-electron chi connectivity index (χ0n) is 13.7. The average Bonchev–Trinajstić information content (AvgIpc) is 2.45. The number of carbonyl (C=O) groups excluding carboxylic acids is 2. The van der Waals surface area contributed by atoms with E-state index in [2.05, 4.69) is 24.5 Å². The van der Waals surface area contributed by atoms with Gasteiger partial charge in [-0.25, -0.2) is 4.79 Å². The van der Waals surface area contributed by atoms with Gasteiger partial charge in [-0.15, -0.1) is 0 Å². The molecule has 1 aromatic rings. The van der Waals surface area contributed by atoms with Crippen LogP contribution >= 0.6 is 0 Å². The number of urea groups is 1. The van der Waals surface area contributed by atoms with E-state index in [9.17, 15) is 9.59 Å². The molecule has 22 heavy (non-hydrogen) atoms. The van der Waals surface area contributed by atoms with Crippen LogP contribution in [-0.4, -0.2) is 30.9 Å². The Hall–Kier alpha value is -2.30. The normalized spacial score (nSPS) is 18.1. The maximum absolute atomic E-state index is 12.5. The molecular weight excluding hydrogens is 278 g/mol. The second kappa shape index (κ2) is 6.22. The number of rotatable bonds is 3. The Bertz CT molecular complexity index is 615. The molecule has 0 saturated heterocycles. The van der Waals surface area contributed by atoms with E-state index in [0.717, 1.165) is 5.56 Å². The molecule has 0 fully saturated rings. The molecule has 2 N–H and O–H groups in total. The fourth-order valence-electron chi connectivity index (χ4n) is 2.54. The fraction of sp³-hybridized carbons (Fsp3) is 0.412. The van der Waals surface area contributed by atoms with Gasteiger partial charge >= 0.3 is 6.03 Å². The van der Waals surface area contributed by atoms with E-state index in [1.165, 1.54) is 10.5 Å². The molecule has 5 heteroatoms. The zero-order chi connectivity index (χ0) is 16.4. The Labute approximate surface area is 131 Å². The summed E-state index contributed by atoms with van der Waals surface area (Å²) < 4.78 is 0. The molecular formula is C17H23N3O2. The number of benzene rings is 1. The van der Waals surface area contributed by atoms with Gasteiger partial charge in [0.05, 0.1) is 11.6 Å². The lowest BCUT2D eigenvalue weighted by molar-refractivity contribution is -0.125. The van der Waals surface area contributed by atoms with Crippen molar-refractivity contribution in [2.45, 2.75) is 32.7 Å². The molecule has 1 atom stereocenters. The molecule has 0 saturated carbocycles. The van der Waals surface area contributed by atoms with Gasteiger partial charge < -0.3 is 15.5 Å². The maximum Gasteiger partial charge on any atom is 0.319 e. The number of nitrogens with zero attached hydrogens (tertiary/aromatic N) is 1. The molecule has 0 aromatic heterocycles. The lowest BCUT2D eigenvalue weighted by Crippen LogP contribution is -2.46. The van der Waals surface area contributed by atoms with Crippen LogP contribution in [0, 0.1) is 0 Å². The van der Waals surface area contributed by atoms with Crippen LogP contribution in [-0.2, 0) is 4.79 Å². The summed E-state index contributed by atoms with van der Waals surface area (Å²) >= 11 is 0. The van der Waals surface area contributed by atoms with Crippen LogP contribution in [0.1, 0.15) is 43.9 Å². The summed E-state index contributed by atoms with van der Waals surface area (Å²) in [5.74, 6) is 0.333. The smallest absolute Gasteiger partial charge is 0.319 e. The van der Waals surface area contributed by atoms with E-state index >= 15 is 0 Å². The second-order valence-corrected chi connectivity index (χ2v) is 6.09. The van der Waals surface area contributed by atoms with Crippen molar-refractivity contribution in [3.8, 4) is 0 Å². The van der Waals surface area contributed by atoms with Crippen molar-refractivity contribution in [3.63, 3.8) is 0 Å². The van der Waals surface area contributed by atoms with E-state index in [1.807, 2.05) is 24.3 Å². The van der Waals surface area contributed by atoms with Gasteiger partial charge in [-0.1, -0.05) is 38.1 Å². The molecule has 1 aliphatic rings. The minimum Gasteiger partial charge on any atom is -0.345 e. The van der Waals surface area contributed by atoms with Gasteiger partial charge in [0.1, 0.15) is 0 Å². The quantitative estimate of drug-likeness (QED) is 0.901. The number of allylic oxidation sites excluding steroid dienone is 1. The Kier molecular flexibility index (Phi) is 4.54. The van der Waals surface area contributed by atoms with Crippen LogP contribution in [0.4, 0.5) is 4.79 Å². The van der Waals surface area contributed by atoms with E-state index < -0.39 is 6.04 Å². The summed E-state index contributed by atoms with van der Waals surface area (Å²) in [6.45, 7) is 6.02. The summed E-state index contributed by atoms with van der Waals surface area (Å²) in [7, 11) is 3.41. The van der Waals surface area contributed by atoms with Crippen LogP contribution in [0.15, 0.2) is 35.5 Å². The molecule has 1 heterocycles. The van der Waals surface area contributed by atoms with Crippen molar-refractivity contribution in [1.29, 1.82) is 0 Å². The number of likely N-dealkylation sites (N-methyl/N-ethyl adjacent to an activating group) is 1. The molecule has 2 rings (SSSR count). The highest BCUT2D eigenvalue weighted by atomic mass is 16.2. The highest BCUT2D eigenvalue weighted by molar-refractivity contribution is 5.98. The molecule has 0 unspecified atom stereocenters. The van der Waals surface area contributed by atoms with Crippen molar-refractivity contribution in [3.05, 3.63) is 46.7 Å². The topological polar surface area (TPSA) is 61.4 Å². The molecule has 118 valence electrons. The van der Waals surface area contributed by atoms with Gasteiger partial charge in [0, 0.05) is 19.8 Å². The Morgan fingerprint density at radius 3 is 2.27 bits per heavy atom. The summed E-state index contributed by atoms with van der Waals surface area (Å²) in [5, 5.41) is 5.52. The van der Waals surface area contributed by atoms with E-state index in [4.69, 9.17) is 0 Å². The molecule has 0 aliphatic carbocycles. The summed E-state index contributed by atoms with van der Waals surface area (Å²) in [4.78, 5) is 25.8. The fourth-order valence-corrected chi connectivity index (χ4v) is 2.54. The first kappa shape index (κ1) is 16.1. The van der Waals surface area contributed by atoms with Crippen LogP contribution < -0.4 is 10.6 Å². The first-order valence-electron chi connectivity index (χ1n) is 7.41. The van der Waals surface area contributed by atoms with Crippen LogP contribution in [0.2, 0.25) is 0 Å². The summed E-state index contributed by atoms with van der Waals surface area (Å²) in [5.41, 5.74) is 3.30. The largest absolute Gasteiger partial charge is 0.345 e. The molecule has 1 aliphatic heterocycles. The number of amides is 3. The van der Waals surface area contributed by atoms with Gasteiger partial charge in [-0.3, -0.25) is 4.79 Å². The van der Waals surface area contributed by atoms with Crippen molar-refractivity contribution in [2.24, 2.45) is 0 Å². The summed E-state index contributed by atoms with van der Waals surface area (Å²) in [6, 6.07) is 7.32. The van der Waals surface area contributed by atoms with Gasteiger partial charge in [0.2, 0.25) is 0 Å². The number of hydrogen-bond acceptors (Lipinski definition) is 2. The SMILES string of the molecule is CC1=C(C(=O)N(C)C)[C@H](c2ccc(C(C)C)cc2)NC(=O)N1. The third-order valence-corrected chi connectivity index (χ3v) is 3.84. The molecule has 3 amide bonds. The van der Waals surface area contributed by atoms with Crippen molar-refractivity contribution in [1.82, 2.24) is 15.5 Å². The van der Waals surface area contributed by atoms with Crippen molar-refractivity contribution < 1.29 is 9.59 Å². The number of hydrogen-bond donors (Lipinski definition) is 2. The monoisotopic (exact) mass is 301 g/mol. The first-order valence-corrected chi connectivity index (χ1v) is 7.41. The van der Waals surface area contributed by atoms with Gasteiger partial charge in [-0.2, -0.15) is 0 Å².